The van der Waals surface area contributed by atoms with E-state index in [0.717, 1.165) is 19.3 Å². The molecule has 0 saturated carbocycles. The molecule has 0 radical (unpaired) electrons. The second-order valence-corrected chi connectivity index (χ2v) is 5.23. The van der Waals surface area contributed by atoms with E-state index in [1.807, 2.05) is 13.0 Å². The van der Waals surface area contributed by atoms with E-state index in [4.69, 9.17) is 4.74 Å². The van der Waals surface area contributed by atoms with Gasteiger partial charge < -0.3 is 4.74 Å². The first kappa shape index (κ1) is 17.9. The maximum atomic E-state index is 11.5. The van der Waals surface area contributed by atoms with E-state index in [9.17, 15) is 4.79 Å². The lowest BCUT2D eigenvalue weighted by molar-refractivity contribution is -0.148. The summed E-state index contributed by atoms with van der Waals surface area (Å²) in [4.78, 5) is 11.5. The summed E-state index contributed by atoms with van der Waals surface area (Å²) in [6.07, 6.45) is 14.4. The van der Waals surface area contributed by atoms with Gasteiger partial charge in [0.1, 0.15) is 6.10 Å². The minimum absolute atomic E-state index is 0.0745. The molecule has 2 nitrogen and oxygen atoms in total. The van der Waals surface area contributed by atoms with E-state index in [0.29, 0.717) is 12.3 Å². The van der Waals surface area contributed by atoms with Crippen LogP contribution < -0.4 is 0 Å². The van der Waals surface area contributed by atoms with Gasteiger partial charge in [-0.05, 0) is 51.0 Å². The molecule has 0 aromatic rings. The largest absolute Gasteiger partial charge is 0.458 e. The van der Waals surface area contributed by atoms with Crippen LogP contribution in [0.4, 0.5) is 0 Å². The smallest absolute Gasteiger partial charge is 0.306 e. The number of esters is 1. The summed E-state index contributed by atoms with van der Waals surface area (Å²) >= 11 is 0. The van der Waals surface area contributed by atoms with Crippen molar-refractivity contribution in [2.24, 2.45) is 5.92 Å². The van der Waals surface area contributed by atoms with Crippen molar-refractivity contribution in [1.82, 2.24) is 0 Å². The van der Waals surface area contributed by atoms with Gasteiger partial charge in [-0.3, -0.25) is 4.79 Å². The van der Waals surface area contributed by atoms with Crippen LogP contribution >= 0.6 is 0 Å². The van der Waals surface area contributed by atoms with E-state index in [-0.39, 0.29) is 12.1 Å². The number of hydrogen-bond donors (Lipinski definition) is 0. The summed E-state index contributed by atoms with van der Waals surface area (Å²) in [6.45, 7) is 8.21. The average Bonchev–Trinajstić information content (AvgIpc) is 2.36. The molecule has 0 rings (SSSR count). The zero-order chi connectivity index (χ0) is 14.5. The molecule has 1 atom stereocenters. The molecule has 2 heteroatoms. The fourth-order valence-corrected chi connectivity index (χ4v) is 1.73. The van der Waals surface area contributed by atoms with Crippen LogP contribution in [-0.4, -0.2) is 12.1 Å². The lowest BCUT2D eigenvalue weighted by Gasteiger charge is -2.17. The van der Waals surface area contributed by atoms with Crippen molar-refractivity contribution in [1.29, 1.82) is 0 Å². The molecule has 0 bridgehead atoms. The maximum Gasteiger partial charge on any atom is 0.306 e. The molecule has 19 heavy (non-hydrogen) atoms. The van der Waals surface area contributed by atoms with Gasteiger partial charge >= 0.3 is 5.97 Å². The Kier molecular flexibility index (Phi) is 11.3. The van der Waals surface area contributed by atoms with E-state index < -0.39 is 0 Å². The van der Waals surface area contributed by atoms with E-state index >= 15 is 0 Å². The molecule has 0 fully saturated rings. The summed E-state index contributed by atoms with van der Waals surface area (Å²) in [5, 5.41) is 0. The summed E-state index contributed by atoms with van der Waals surface area (Å²) in [5.74, 6) is 0.249. The van der Waals surface area contributed by atoms with Crippen LogP contribution in [0.2, 0.25) is 0 Å². The molecule has 1 unspecified atom stereocenters. The molecule has 0 saturated heterocycles. The van der Waals surface area contributed by atoms with Crippen molar-refractivity contribution in [3.63, 3.8) is 0 Å². The zero-order valence-electron chi connectivity index (χ0n) is 13.0. The molecule has 0 N–H and O–H groups in total. The molecular weight excluding hydrogens is 236 g/mol. The Morgan fingerprint density at radius 3 is 2.32 bits per heavy atom. The summed E-state index contributed by atoms with van der Waals surface area (Å²) < 4.78 is 5.46. The average molecular weight is 266 g/mol. The first-order chi connectivity index (χ1) is 9.11. The topological polar surface area (TPSA) is 26.3 Å². The van der Waals surface area contributed by atoms with Gasteiger partial charge in [-0.25, -0.2) is 0 Å². The second-order valence-electron chi connectivity index (χ2n) is 5.23. The predicted octanol–water partition coefficient (Wildman–Crippen LogP) is 5.05. The number of hydrogen-bond acceptors (Lipinski definition) is 2. The van der Waals surface area contributed by atoms with Crippen molar-refractivity contribution in [3.05, 3.63) is 24.3 Å². The van der Waals surface area contributed by atoms with Crippen LogP contribution in [0, 0.1) is 5.92 Å². The van der Waals surface area contributed by atoms with Crippen LogP contribution in [0.5, 0.6) is 0 Å². The van der Waals surface area contributed by atoms with Crippen molar-refractivity contribution < 1.29 is 9.53 Å². The molecule has 0 aliphatic carbocycles. The van der Waals surface area contributed by atoms with Crippen molar-refractivity contribution in [3.8, 4) is 0 Å². The molecule has 0 aliphatic rings. The molecule has 0 aromatic heterocycles. The zero-order valence-corrected chi connectivity index (χ0v) is 13.0. The first-order valence-corrected chi connectivity index (χ1v) is 7.59. The van der Waals surface area contributed by atoms with E-state index in [1.54, 1.807) is 0 Å². The van der Waals surface area contributed by atoms with Gasteiger partial charge in [0.05, 0.1) is 0 Å². The van der Waals surface area contributed by atoms with E-state index in [1.165, 1.54) is 12.8 Å². The number of ether oxygens (including phenoxy) is 1. The summed E-state index contributed by atoms with van der Waals surface area (Å²) in [5.41, 5.74) is 0. The van der Waals surface area contributed by atoms with Crippen LogP contribution in [0.15, 0.2) is 24.3 Å². The monoisotopic (exact) mass is 266 g/mol. The van der Waals surface area contributed by atoms with Gasteiger partial charge in [-0.1, -0.05) is 39.0 Å². The Morgan fingerprint density at radius 2 is 1.79 bits per heavy atom. The number of carbonyl (C=O) groups is 1. The van der Waals surface area contributed by atoms with Crippen LogP contribution in [0.1, 0.15) is 66.2 Å². The quantitative estimate of drug-likeness (QED) is 0.314. The summed E-state index contributed by atoms with van der Waals surface area (Å²) in [7, 11) is 0. The lowest BCUT2D eigenvalue weighted by Crippen LogP contribution is -2.21. The normalized spacial score (nSPS) is 13.5. The number of carbonyl (C=O) groups excluding carboxylic acids is 1. The van der Waals surface area contributed by atoms with Crippen LogP contribution in [0.3, 0.4) is 0 Å². The van der Waals surface area contributed by atoms with Crippen molar-refractivity contribution in [2.75, 3.05) is 0 Å². The van der Waals surface area contributed by atoms with Gasteiger partial charge in [-0.15, -0.1) is 0 Å². The SMILES string of the molecule is C/C=C/CCCC/C=C/C(OC(=O)CCC)C(C)C. The van der Waals surface area contributed by atoms with E-state index in [2.05, 4.69) is 39.0 Å². The Morgan fingerprint density at radius 1 is 1.16 bits per heavy atom. The molecule has 0 aliphatic heterocycles. The molecule has 0 spiro atoms. The highest BCUT2D eigenvalue weighted by Crippen LogP contribution is 2.11. The third-order valence-corrected chi connectivity index (χ3v) is 2.93. The maximum absolute atomic E-state index is 11.5. The minimum atomic E-state index is -0.0843. The summed E-state index contributed by atoms with van der Waals surface area (Å²) in [6, 6.07) is 0. The Bertz CT molecular complexity index is 277. The van der Waals surface area contributed by atoms with Gasteiger partial charge in [0, 0.05) is 6.42 Å². The highest BCUT2D eigenvalue weighted by Gasteiger charge is 2.14. The number of unbranched alkanes of at least 4 members (excludes halogenated alkanes) is 3. The number of rotatable bonds is 10. The third-order valence-electron chi connectivity index (χ3n) is 2.93. The van der Waals surface area contributed by atoms with Gasteiger partial charge in [0.25, 0.3) is 0 Å². The molecule has 0 amide bonds. The standard InChI is InChI=1S/C17H30O2/c1-5-7-8-9-10-11-12-14-16(15(3)4)19-17(18)13-6-2/h5,7,12,14-16H,6,8-11,13H2,1-4H3/b7-5+,14-12+. The van der Waals surface area contributed by atoms with Crippen LogP contribution in [0.25, 0.3) is 0 Å². The highest BCUT2D eigenvalue weighted by atomic mass is 16.5. The Labute approximate surface area is 118 Å². The predicted molar refractivity (Wildman–Crippen MR) is 82.0 cm³/mol. The van der Waals surface area contributed by atoms with Gasteiger partial charge in [0.15, 0.2) is 0 Å². The Hall–Kier alpha value is -1.05. The van der Waals surface area contributed by atoms with Gasteiger partial charge in [0.2, 0.25) is 0 Å². The fraction of sp³-hybridized carbons (Fsp3) is 0.706. The minimum Gasteiger partial charge on any atom is -0.458 e. The molecule has 0 aromatic carbocycles. The van der Waals surface area contributed by atoms with Gasteiger partial charge in [-0.2, -0.15) is 0 Å². The third kappa shape index (κ3) is 10.5. The number of allylic oxidation sites excluding steroid dienone is 3. The molecular formula is C17H30O2. The van der Waals surface area contributed by atoms with Crippen LogP contribution in [-0.2, 0) is 9.53 Å². The fourth-order valence-electron chi connectivity index (χ4n) is 1.73. The highest BCUT2D eigenvalue weighted by molar-refractivity contribution is 5.69. The lowest BCUT2D eigenvalue weighted by atomic mass is 10.1. The second kappa shape index (κ2) is 12.0. The van der Waals surface area contributed by atoms with Crippen molar-refractivity contribution in [2.45, 2.75) is 72.3 Å². The first-order valence-electron chi connectivity index (χ1n) is 7.59. The van der Waals surface area contributed by atoms with Crippen molar-refractivity contribution >= 4 is 5.97 Å². The Balaban J connectivity index is 3.95. The molecule has 110 valence electrons. The molecule has 0 heterocycles.